The quantitative estimate of drug-likeness (QED) is 0.0132. The summed E-state index contributed by atoms with van der Waals surface area (Å²) in [5.74, 6) is -1.03. The molecule has 2 saturated heterocycles. The number of aliphatic hydroxyl groups is 7. The number of hydrogen-bond acceptors (Lipinski definition) is 15. The molecule has 0 aromatic rings. The molecule has 2 rings (SSSR count). The highest BCUT2D eigenvalue weighted by molar-refractivity contribution is 5.70. The van der Waals surface area contributed by atoms with Crippen molar-refractivity contribution < 1.29 is 73.8 Å². The zero-order valence-corrected chi connectivity index (χ0v) is 43.6. The number of ether oxygens (including phenoxy) is 6. The Kier molecular flexibility index (Phi) is 38.7. The van der Waals surface area contributed by atoms with Gasteiger partial charge in [0.15, 0.2) is 18.7 Å². The number of rotatable bonds is 41. The van der Waals surface area contributed by atoms with Gasteiger partial charge in [0, 0.05) is 12.8 Å². The Morgan fingerprint density at radius 3 is 1.51 bits per heavy atom. The molecule has 7 N–H and O–H groups in total. The smallest absolute Gasteiger partial charge is 0.306 e. The number of hydrogen-bond donors (Lipinski definition) is 7. The lowest BCUT2D eigenvalue weighted by molar-refractivity contribution is -0.332. The van der Waals surface area contributed by atoms with Crippen LogP contribution in [-0.2, 0) is 38.0 Å². The molecule has 72 heavy (non-hydrogen) atoms. The largest absolute Gasteiger partial charge is 0.462 e. The summed E-state index contributed by atoms with van der Waals surface area (Å²) in [5, 5.41) is 72.1. The fourth-order valence-electron chi connectivity index (χ4n) is 8.04. The molecular weight excluding hydrogens is 925 g/mol. The summed E-state index contributed by atoms with van der Waals surface area (Å²) >= 11 is 0. The topological polar surface area (TPSA) is 231 Å². The van der Waals surface area contributed by atoms with Crippen molar-refractivity contribution in [2.75, 3.05) is 26.4 Å². The Morgan fingerprint density at radius 2 is 0.944 bits per heavy atom. The van der Waals surface area contributed by atoms with Crippen molar-refractivity contribution in [3.63, 3.8) is 0 Å². The van der Waals surface area contributed by atoms with Crippen molar-refractivity contribution in [2.24, 2.45) is 0 Å². The summed E-state index contributed by atoms with van der Waals surface area (Å²) in [4.78, 5) is 25.8. The summed E-state index contributed by atoms with van der Waals surface area (Å²) < 4.78 is 33.5. The van der Waals surface area contributed by atoms with E-state index in [2.05, 4.69) is 44.2 Å². The van der Waals surface area contributed by atoms with Crippen LogP contribution in [0.3, 0.4) is 0 Å². The van der Waals surface area contributed by atoms with E-state index in [1.54, 1.807) is 0 Å². The third-order valence-electron chi connectivity index (χ3n) is 12.5. The van der Waals surface area contributed by atoms with Crippen LogP contribution in [-0.4, -0.2) is 142 Å². The molecule has 15 heteroatoms. The van der Waals surface area contributed by atoms with E-state index in [0.29, 0.717) is 19.3 Å². The molecule has 0 radical (unpaired) electrons. The van der Waals surface area contributed by atoms with E-state index in [1.807, 2.05) is 54.7 Å². The summed E-state index contributed by atoms with van der Waals surface area (Å²) in [7, 11) is 0. The predicted molar refractivity (Wildman–Crippen MR) is 279 cm³/mol. The van der Waals surface area contributed by atoms with Crippen LogP contribution in [0, 0.1) is 0 Å². The van der Waals surface area contributed by atoms with Gasteiger partial charge in [-0.3, -0.25) is 9.59 Å². The van der Waals surface area contributed by atoms with E-state index >= 15 is 0 Å². The van der Waals surface area contributed by atoms with Gasteiger partial charge in [-0.2, -0.15) is 0 Å². The molecule has 0 aromatic heterocycles. The van der Waals surface area contributed by atoms with Crippen LogP contribution in [0.25, 0.3) is 0 Å². The maximum Gasteiger partial charge on any atom is 0.306 e. The van der Waals surface area contributed by atoms with Crippen LogP contribution in [0.1, 0.15) is 168 Å². The molecule has 2 aliphatic heterocycles. The molecule has 0 spiro atoms. The Balaban J connectivity index is 1.77. The first kappa shape index (κ1) is 64.8. The van der Waals surface area contributed by atoms with E-state index < -0.39 is 99.3 Å². The molecule has 0 saturated carbocycles. The predicted octanol–water partition coefficient (Wildman–Crippen LogP) is 8.38. The van der Waals surface area contributed by atoms with Crippen molar-refractivity contribution >= 4 is 11.9 Å². The Morgan fingerprint density at radius 1 is 0.472 bits per heavy atom. The Bertz CT molecular complexity index is 1570. The van der Waals surface area contributed by atoms with Gasteiger partial charge < -0.3 is 64.2 Å². The molecule has 0 bridgehead atoms. The average molecular weight is 1020 g/mol. The van der Waals surface area contributed by atoms with Crippen molar-refractivity contribution in [3.05, 3.63) is 85.1 Å². The molecule has 2 fully saturated rings. The number of aliphatic hydroxyl groups excluding tert-OH is 7. The second-order valence-electron chi connectivity index (χ2n) is 18.8. The van der Waals surface area contributed by atoms with Gasteiger partial charge >= 0.3 is 11.9 Å². The normalized spacial score (nSPS) is 25.7. The van der Waals surface area contributed by atoms with Crippen molar-refractivity contribution in [2.45, 2.75) is 235 Å². The van der Waals surface area contributed by atoms with Gasteiger partial charge in [-0.25, -0.2) is 0 Å². The first-order valence-corrected chi connectivity index (χ1v) is 27.2. The highest BCUT2D eigenvalue weighted by Crippen LogP contribution is 2.26. The number of unbranched alkanes of at least 4 members (excludes halogenated alkanes) is 17. The van der Waals surface area contributed by atoms with Gasteiger partial charge in [0.1, 0.15) is 55.4 Å². The minimum atomic E-state index is -1.78. The number of carbonyl (C=O) groups is 2. The van der Waals surface area contributed by atoms with Gasteiger partial charge in [0.25, 0.3) is 0 Å². The fourth-order valence-corrected chi connectivity index (χ4v) is 8.04. The minimum absolute atomic E-state index is 0.0626. The lowest BCUT2D eigenvalue weighted by Crippen LogP contribution is -2.61. The van der Waals surface area contributed by atoms with E-state index in [4.69, 9.17) is 28.4 Å². The maximum absolute atomic E-state index is 13.0. The molecule has 11 atom stereocenters. The summed E-state index contributed by atoms with van der Waals surface area (Å²) in [5.41, 5.74) is 0. The van der Waals surface area contributed by atoms with Crippen LogP contribution < -0.4 is 0 Å². The van der Waals surface area contributed by atoms with E-state index in [9.17, 15) is 45.3 Å². The molecule has 2 aliphatic rings. The average Bonchev–Trinajstić information content (AvgIpc) is 3.37. The van der Waals surface area contributed by atoms with Gasteiger partial charge in [-0.1, -0.05) is 182 Å². The highest BCUT2D eigenvalue weighted by atomic mass is 16.7. The molecule has 5 unspecified atom stereocenters. The lowest BCUT2D eigenvalue weighted by atomic mass is 9.98. The fraction of sp³-hybridized carbons (Fsp3) is 0.719. The Labute approximate surface area is 431 Å². The number of esters is 2. The molecule has 0 aliphatic carbocycles. The monoisotopic (exact) mass is 1020 g/mol. The van der Waals surface area contributed by atoms with Gasteiger partial charge in [-0.05, 0) is 57.8 Å². The standard InChI is InChI=1S/C57H94O15/c1-3-5-7-9-11-13-15-17-18-19-20-21-22-23-24-25-26-28-29-31-33-35-37-39-48(59)67-42-45(70-49(60)40-38-36-34-32-30-27-16-14-12-10-8-6-4-2)43-68-56-55(66)53(64)51(62)47(72-56)44-69-57-54(65)52(63)50(61)46(41-58)71-57/h6,8,10,12,14,16,20-21,23-24,27,30,32,34,45-47,50-58,61-66H,3-5,7,9,11,13,15,17-19,22,25-26,28-29,31,33,35-44H2,1-2H3/b8-6+,12-10+,16-14+,21-20+,24-23+,30-27+,34-32+/t45?,46-,47-,50+,51+,52?,53?,54?,55?,56-,57-/m1/s1. The van der Waals surface area contributed by atoms with Gasteiger partial charge in [0.05, 0.1) is 19.8 Å². The van der Waals surface area contributed by atoms with Gasteiger partial charge in [-0.15, -0.1) is 0 Å². The highest BCUT2D eigenvalue weighted by Gasteiger charge is 2.47. The first-order chi connectivity index (χ1) is 35.0. The van der Waals surface area contributed by atoms with Crippen LogP contribution in [0.5, 0.6) is 0 Å². The molecule has 15 nitrogen and oxygen atoms in total. The van der Waals surface area contributed by atoms with Gasteiger partial charge in [0.2, 0.25) is 0 Å². The maximum atomic E-state index is 13.0. The third kappa shape index (κ3) is 30.1. The minimum Gasteiger partial charge on any atom is -0.462 e. The molecule has 2 heterocycles. The van der Waals surface area contributed by atoms with E-state index in [0.717, 1.165) is 51.4 Å². The number of allylic oxidation sites excluding steroid dienone is 14. The molecular formula is C57H94O15. The van der Waals surface area contributed by atoms with Crippen molar-refractivity contribution in [3.8, 4) is 0 Å². The van der Waals surface area contributed by atoms with Crippen LogP contribution in [0.15, 0.2) is 85.1 Å². The summed E-state index contributed by atoms with van der Waals surface area (Å²) in [6, 6.07) is 0. The zero-order chi connectivity index (χ0) is 52.4. The second-order valence-corrected chi connectivity index (χ2v) is 18.8. The van der Waals surface area contributed by atoms with Crippen molar-refractivity contribution in [1.82, 2.24) is 0 Å². The zero-order valence-electron chi connectivity index (χ0n) is 43.6. The molecule has 412 valence electrons. The van der Waals surface area contributed by atoms with Crippen LogP contribution >= 0.6 is 0 Å². The van der Waals surface area contributed by atoms with Crippen LogP contribution in [0.2, 0.25) is 0 Å². The SMILES string of the molecule is CC/C=C/C=C/C=C/C=C/C=C/CCCC(=O)OC(COC(=O)CCCCCCCCC/C=C/C/C=C/CCCCCCCCCCC)CO[C@@H]1O[C@H](CO[C@@H]2O[C@H](CO)[C@H](O)C(O)C2O)[C@H](O)C(O)C1O. The first-order valence-electron chi connectivity index (χ1n) is 27.2. The third-order valence-corrected chi connectivity index (χ3v) is 12.5. The second kappa shape index (κ2) is 43.0. The summed E-state index contributed by atoms with van der Waals surface area (Å²) in [6.45, 7) is 2.35. The lowest BCUT2D eigenvalue weighted by Gasteiger charge is -2.42. The molecule has 0 amide bonds. The summed E-state index contributed by atoms with van der Waals surface area (Å²) in [6.07, 6.45) is 36.3. The number of carbonyl (C=O) groups excluding carboxylic acids is 2. The molecule has 0 aromatic carbocycles. The van der Waals surface area contributed by atoms with E-state index in [1.165, 1.54) is 70.6 Å². The Hall–Kier alpha value is -3.32. The van der Waals surface area contributed by atoms with Crippen molar-refractivity contribution in [1.29, 1.82) is 0 Å². The van der Waals surface area contributed by atoms with E-state index in [-0.39, 0.29) is 19.4 Å². The van der Waals surface area contributed by atoms with Crippen LogP contribution in [0.4, 0.5) is 0 Å².